The summed E-state index contributed by atoms with van der Waals surface area (Å²) in [6, 6.07) is 10.1. The summed E-state index contributed by atoms with van der Waals surface area (Å²) in [5.41, 5.74) is 1.19. The average Bonchev–Trinajstić information content (AvgIpc) is 2.42. The van der Waals surface area contributed by atoms with Crippen LogP contribution >= 0.6 is 35.6 Å². The van der Waals surface area contributed by atoms with Gasteiger partial charge in [-0.2, -0.15) is 0 Å². The topological polar surface area (TPSA) is 24.9 Å². The monoisotopic (exact) mass is 313 g/mol. The molecule has 0 aliphatic rings. The predicted molar refractivity (Wildman–Crippen MR) is 82.8 cm³/mol. The van der Waals surface area contributed by atoms with Crippen molar-refractivity contribution >= 4 is 46.3 Å². The molecule has 6 heteroatoms. The standard InChI is InChI=1S/C13H10ClFN2S2/c14-10-5-4-9(7-12(10)19-8-15)17-13(18)11-3-1-2-6-16-11/h1-7H,8H2,(H,17,18)/i8D2,15-1. The normalized spacial score (nSPS) is 12.5. The average molecular weight is 314 g/mol. The lowest BCUT2D eigenvalue weighted by Crippen LogP contribution is -2.11. The van der Waals surface area contributed by atoms with Crippen LogP contribution in [0.5, 0.6) is 0 Å². The zero-order chi connectivity index (χ0) is 15.5. The van der Waals surface area contributed by atoms with Gasteiger partial charge in [-0.15, -0.1) is 0 Å². The van der Waals surface area contributed by atoms with E-state index in [0.717, 1.165) is 0 Å². The van der Waals surface area contributed by atoms with Crippen LogP contribution in [0, 0.1) is 0 Å². The van der Waals surface area contributed by atoms with E-state index in [-0.39, 0.29) is 9.92 Å². The van der Waals surface area contributed by atoms with E-state index in [1.54, 1.807) is 36.5 Å². The van der Waals surface area contributed by atoms with Gasteiger partial charge >= 0.3 is 0 Å². The number of halogens is 2. The van der Waals surface area contributed by atoms with Crippen LogP contribution in [0.1, 0.15) is 8.44 Å². The molecule has 1 N–H and O–H groups in total. The van der Waals surface area contributed by atoms with Gasteiger partial charge in [0.25, 0.3) is 0 Å². The molecule has 0 saturated carbocycles. The Morgan fingerprint density at radius 2 is 2.32 bits per heavy atom. The summed E-state index contributed by atoms with van der Waals surface area (Å²) in [6.45, 7) is 0. The molecule has 0 fully saturated rings. The fourth-order valence-electron chi connectivity index (χ4n) is 1.39. The molecule has 19 heavy (non-hydrogen) atoms. The van der Waals surface area contributed by atoms with E-state index in [4.69, 9.17) is 26.6 Å². The molecule has 0 unspecified atom stereocenters. The molecule has 0 spiro atoms. The highest BCUT2D eigenvalue weighted by molar-refractivity contribution is 7.99. The number of pyridine rings is 1. The zero-order valence-corrected chi connectivity index (χ0v) is 12.0. The van der Waals surface area contributed by atoms with E-state index in [1.807, 2.05) is 6.07 Å². The van der Waals surface area contributed by atoms with Crippen molar-refractivity contribution in [2.75, 3.05) is 11.3 Å². The lowest BCUT2D eigenvalue weighted by Gasteiger charge is -2.09. The second-order valence-corrected chi connectivity index (χ2v) is 5.11. The summed E-state index contributed by atoms with van der Waals surface area (Å²) in [7, 11) is 0. The lowest BCUT2D eigenvalue weighted by molar-refractivity contribution is 0.606. The van der Waals surface area contributed by atoms with Crippen LogP contribution in [0.3, 0.4) is 0 Å². The Kier molecular flexibility index (Phi) is 4.19. The van der Waals surface area contributed by atoms with Crippen molar-refractivity contribution in [1.29, 1.82) is 0 Å². The molecule has 0 bridgehead atoms. The van der Waals surface area contributed by atoms with Crippen LogP contribution in [0.15, 0.2) is 47.5 Å². The van der Waals surface area contributed by atoms with Gasteiger partial charge in [-0.1, -0.05) is 41.6 Å². The first kappa shape index (κ1) is 11.6. The van der Waals surface area contributed by atoms with E-state index in [1.165, 1.54) is 0 Å². The molecule has 1 aromatic heterocycles. The lowest BCUT2D eigenvalue weighted by atomic mass is 10.3. The largest absolute Gasteiger partial charge is 0.345 e. The summed E-state index contributed by atoms with van der Waals surface area (Å²) in [4.78, 5) is 4.82. The maximum atomic E-state index is 13.1. The summed E-state index contributed by atoms with van der Waals surface area (Å²) >= 11 is 11.6. The summed E-state index contributed by atoms with van der Waals surface area (Å²) < 4.78 is 27.0. The quantitative estimate of drug-likeness (QED) is 0.661. The predicted octanol–water partition coefficient (Wildman–Crippen LogP) is 4.54. The molecule has 0 aliphatic carbocycles. The minimum absolute atomic E-state index is 0.274. The van der Waals surface area contributed by atoms with Gasteiger partial charge in [0.2, 0.25) is 0 Å². The first-order chi connectivity index (χ1) is 9.85. The summed E-state index contributed by atoms with van der Waals surface area (Å²) in [6.07, 6.45) is 1.63. The number of hydrogen-bond donors (Lipinski definition) is 1. The highest BCUT2D eigenvalue weighted by atomic mass is 35.5. The third kappa shape index (κ3) is 3.89. The first-order valence-corrected chi connectivity index (χ1v) is 6.85. The number of hydrogen-bond acceptors (Lipinski definition) is 3. The number of alkyl halides is 1. The van der Waals surface area contributed by atoms with Crippen LogP contribution in [0.2, 0.25) is 5.02 Å². The summed E-state index contributed by atoms with van der Waals surface area (Å²) in [5, 5.41) is 3.24. The third-order valence-electron chi connectivity index (χ3n) is 2.24. The third-order valence-corrected chi connectivity index (χ3v) is 3.62. The van der Waals surface area contributed by atoms with E-state index in [0.29, 0.717) is 28.1 Å². The van der Waals surface area contributed by atoms with Gasteiger partial charge in [0.05, 0.1) is 13.5 Å². The van der Waals surface area contributed by atoms with E-state index >= 15 is 0 Å². The number of anilines is 1. The van der Waals surface area contributed by atoms with Gasteiger partial charge in [0.15, 0.2) is 0 Å². The number of benzene rings is 1. The molecular weight excluding hydrogens is 302 g/mol. The first-order valence-electron chi connectivity index (χ1n) is 6.25. The van der Waals surface area contributed by atoms with Crippen molar-refractivity contribution in [3.8, 4) is 0 Å². The fourth-order valence-corrected chi connectivity index (χ4v) is 2.30. The molecule has 1 heterocycles. The molecule has 98 valence electrons. The van der Waals surface area contributed by atoms with Crippen molar-refractivity contribution < 1.29 is 7.13 Å². The SMILES string of the molecule is [2H]C([2H])([18F])Sc1cc(NC(=S)c2ccccn2)ccc1Cl. The van der Waals surface area contributed by atoms with Crippen LogP contribution in [-0.2, 0) is 0 Å². The van der Waals surface area contributed by atoms with Gasteiger partial charge in [-0.3, -0.25) is 4.98 Å². The van der Waals surface area contributed by atoms with Crippen LogP contribution in [0.4, 0.5) is 10.1 Å². The molecule has 0 radical (unpaired) electrons. The maximum absolute atomic E-state index is 13.1. The number of nitrogens with one attached hydrogen (secondary N) is 1. The Morgan fingerprint density at radius 3 is 3.00 bits per heavy atom. The van der Waals surface area contributed by atoms with Gasteiger partial charge in [0, 0.05) is 16.8 Å². The van der Waals surface area contributed by atoms with Crippen LogP contribution in [-0.4, -0.2) is 15.9 Å². The zero-order valence-electron chi connectivity index (χ0n) is 11.6. The van der Waals surface area contributed by atoms with Crippen molar-refractivity contribution in [3.63, 3.8) is 0 Å². The molecule has 0 saturated heterocycles. The smallest absolute Gasteiger partial charge is 0.139 e. The minimum Gasteiger partial charge on any atom is -0.345 e. The van der Waals surface area contributed by atoms with Crippen molar-refractivity contribution in [1.82, 2.24) is 4.98 Å². The molecule has 1 aromatic carbocycles. The number of rotatable bonds is 4. The highest BCUT2D eigenvalue weighted by Crippen LogP contribution is 2.30. The molecule has 0 aliphatic heterocycles. The highest BCUT2D eigenvalue weighted by Gasteiger charge is 2.06. The molecule has 2 aromatic rings. The summed E-state index contributed by atoms with van der Waals surface area (Å²) in [5.74, 6) is -2.90. The number of thiocarbonyl (C=S) groups is 1. The maximum Gasteiger partial charge on any atom is 0.139 e. The second kappa shape index (κ2) is 6.84. The minimum atomic E-state index is -2.90. The van der Waals surface area contributed by atoms with Crippen LogP contribution < -0.4 is 5.32 Å². The molecule has 2 rings (SSSR count). The number of thioether (sulfide) groups is 1. The van der Waals surface area contributed by atoms with Crippen molar-refractivity contribution in [2.45, 2.75) is 4.90 Å². The van der Waals surface area contributed by atoms with Crippen molar-refractivity contribution in [3.05, 3.63) is 53.3 Å². The Balaban J connectivity index is 2.18. The van der Waals surface area contributed by atoms with Gasteiger partial charge in [0.1, 0.15) is 10.9 Å². The van der Waals surface area contributed by atoms with Crippen molar-refractivity contribution in [2.24, 2.45) is 0 Å². The molecule has 2 nitrogen and oxygen atoms in total. The molecule has 0 atom stereocenters. The Labute approximate surface area is 128 Å². The number of nitrogens with zero attached hydrogens (tertiary/aromatic N) is 1. The molecule has 0 amide bonds. The Morgan fingerprint density at radius 1 is 1.47 bits per heavy atom. The molecular formula is C13H10ClFN2S2. The second-order valence-electron chi connectivity index (χ2n) is 3.49. The number of aromatic nitrogens is 1. The Bertz CT molecular complexity index is 650. The van der Waals surface area contributed by atoms with Gasteiger partial charge < -0.3 is 5.32 Å². The van der Waals surface area contributed by atoms with Gasteiger partial charge in [-0.05, 0) is 30.3 Å². The van der Waals surface area contributed by atoms with Crippen LogP contribution in [0.25, 0.3) is 0 Å². The van der Waals surface area contributed by atoms with Gasteiger partial charge in [-0.25, -0.2) is 4.39 Å². The fraction of sp³-hybridized carbons (Fsp3) is 0.0769. The van der Waals surface area contributed by atoms with E-state index < -0.39 is 5.96 Å². The van der Waals surface area contributed by atoms with E-state index in [9.17, 15) is 4.39 Å². The van der Waals surface area contributed by atoms with E-state index in [2.05, 4.69) is 10.3 Å². The Hall–Kier alpha value is -1.17.